The van der Waals surface area contributed by atoms with Crippen LogP contribution in [-0.4, -0.2) is 56.9 Å². The van der Waals surface area contributed by atoms with Crippen LogP contribution < -0.4 is 14.8 Å². The predicted octanol–water partition coefficient (Wildman–Crippen LogP) is 1.75. The quantitative estimate of drug-likeness (QED) is 0.898. The Morgan fingerprint density at radius 3 is 2.73 bits per heavy atom. The number of ether oxygens (including phenoxy) is 3. The highest BCUT2D eigenvalue weighted by Gasteiger charge is 2.26. The monoisotopic (exact) mass is 308 g/mol. The molecular formula is C16H24N2O4. The second kappa shape index (κ2) is 7.47. The first-order valence-electron chi connectivity index (χ1n) is 7.43. The highest BCUT2D eigenvalue weighted by atomic mass is 16.5. The first-order valence-corrected chi connectivity index (χ1v) is 7.43. The van der Waals surface area contributed by atoms with Crippen LogP contribution in [0.5, 0.6) is 11.5 Å². The smallest absolute Gasteiger partial charge is 0.241 e. The summed E-state index contributed by atoms with van der Waals surface area (Å²) in [5, 5.41) is 2.92. The highest BCUT2D eigenvalue weighted by Crippen LogP contribution is 2.29. The zero-order valence-corrected chi connectivity index (χ0v) is 13.6. The van der Waals surface area contributed by atoms with Crippen LogP contribution in [0.2, 0.25) is 0 Å². The first kappa shape index (κ1) is 16.6. The van der Waals surface area contributed by atoms with Gasteiger partial charge < -0.3 is 19.5 Å². The molecule has 1 N–H and O–H groups in total. The fraction of sp³-hybridized carbons (Fsp3) is 0.562. The minimum Gasteiger partial charge on any atom is -0.493 e. The van der Waals surface area contributed by atoms with E-state index in [1.54, 1.807) is 32.4 Å². The fourth-order valence-electron chi connectivity index (χ4n) is 2.52. The predicted molar refractivity (Wildman–Crippen MR) is 84.6 cm³/mol. The van der Waals surface area contributed by atoms with E-state index in [1.807, 2.05) is 13.8 Å². The maximum absolute atomic E-state index is 12.4. The average molecular weight is 308 g/mol. The number of benzene rings is 1. The van der Waals surface area contributed by atoms with Crippen LogP contribution in [0.4, 0.5) is 5.69 Å². The molecule has 122 valence electrons. The SMILES string of the molecule is COc1ccc(NC(=O)C(C)N2CCOC(C)C2)cc1OC. The fourth-order valence-corrected chi connectivity index (χ4v) is 2.52. The number of morpholine rings is 1. The lowest BCUT2D eigenvalue weighted by atomic mass is 10.2. The maximum atomic E-state index is 12.4. The molecule has 6 heteroatoms. The van der Waals surface area contributed by atoms with Crippen molar-refractivity contribution in [3.05, 3.63) is 18.2 Å². The largest absolute Gasteiger partial charge is 0.493 e. The number of amides is 1. The van der Waals surface area contributed by atoms with E-state index in [0.29, 0.717) is 23.8 Å². The summed E-state index contributed by atoms with van der Waals surface area (Å²) >= 11 is 0. The van der Waals surface area contributed by atoms with E-state index >= 15 is 0 Å². The highest BCUT2D eigenvalue weighted by molar-refractivity contribution is 5.94. The second-order valence-corrected chi connectivity index (χ2v) is 5.41. The zero-order chi connectivity index (χ0) is 16.1. The average Bonchev–Trinajstić information content (AvgIpc) is 2.53. The van der Waals surface area contributed by atoms with Crippen molar-refractivity contribution < 1.29 is 19.0 Å². The molecule has 1 aliphatic heterocycles. The van der Waals surface area contributed by atoms with E-state index in [9.17, 15) is 4.79 Å². The van der Waals surface area contributed by atoms with Gasteiger partial charge in [-0.15, -0.1) is 0 Å². The Labute approximate surface area is 131 Å². The van der Waals surface area contributed by atoms with E-state index in [2.05, 4.69) is 10.2 Å². The van der Waals surface area contributed by atoms with Crippen LogP contribution in [0, 0.1) is 0 Å². The van der Waals surface area contributed by atoms with Crippen molar-refractivity contribution in [2.24, 2.45) is 0 Å². The van der Waals surface area contributed by atoms with E-state index in [0.717, 1.165) is 13.1 Å². The number of methoxy groups -OCH3 is 2. The van der Waals surface area contributed by atoms with Crippen LogP contribution in [0.1, 0.15) is 13.8 Å². The summed E-state index contributed by atoms with van der Waals surface area (Å²) in [5.74, 6) is 1.19. The van der Waals surface area contributed by atoms with Crippen molar-refractivity contribution in [3.63, 3.8) is 0 Å². The van der Waals surface area contributed by atoms with Gasteiger partial charge >= 0.3 is 0 Å². The van der Waals surface area contributed by atoms with E-state index in [1.165, 1.54) is 0 Å². The molecule has 1 amide bonds. The lowest BCUT2D eigenvalue weighted by Crippen LogP contribution is -2.50. The summed E-state index contributed by atoms with van der Waals surface area (Å²) in [4.78, 5) is 14.5. The summed E-state index contributed by atoms with van der Waals surface area (Å²) in [7, 11) is 3.15. The van der Waals surface area contributed by atoms with Crippen molar-refractivity contribution in [2.75, 3.05) is 39.2 Å². The minimum atomic E-state index is -0.209. The third-order valence-electron chi connectivity index (χ3n) is 3.85. The number of carbonyl (C=O) groups excluding carboxylic acids is 1. The van der Waals surface area contributed by atoms with Gasteiger partial charge in [0.25, 0.3) is 0 Å². The van der Waals surface area contributed by atoms with E-state index in [4.69, 9.17) is 14.2 Å². The molecule has 1 heterocycles. The van der Waals surface area contributed by atoms with Crippen LogP contribution in [0.15, 0.2) is 18.2 Å². The van der Waals surface area contributed by atoms with Gasteiger partial charge in [0.15, 0.2) is 11.5 Å². The third-order valence-corrected chi connectivity index (χ3v) is 3.85. The number of hydrogen-bond acceptors (Lipinski definition) is 5. The molecule has 0 spiro atoms. The molecule has 0 saturated carbocycles. The Balaban J connectivity index is 2.01. The number of carbonyl (C=O) groups is 1. The van der Waals surface area contributed by atoms with Gasteiger partial charge in [-0.1, -0.05) is 0 Å². The summed E-state index contributed by atoms with van der Waals surface area (Å²) in [6.45, 7) is 6.12. The van der Waals surface area contributed by atoms with Gasteiger partial charge in [0.05, 0.1) is 33.0 Å². The molecule has 1 aromatic rings. The Hall–Kier alpha value is -1.79. The maximum Gasteiger partial charge on any atom is 0.241 e. The van der Waals surface area contributed by atoms with E-state index < -0.39 is 0 Å². The molecule has 1 aromatic carbocycles. The lowest BCUT2D eigenvalue weighted by molar-refractivity contribution is -0.123. The number of anilines is 1. The summed E-state index contributed by atoms with van der Waals surface area (Å²) in [5.41, 5.74) is 0.691. The second-order valence-electron chi connectivity index (χ2n) is 5.41. The molecule has 6 nitrogen and oxygen atoms in total. The van der Waals surface area contributed by atoms with E-state index in [-0.39, 0.29) is 18.1 Å². The standard InChI is InChI=1S/C16H24N2O4/c1-11-10-18(7-8-22-11)12(2)16(19)17-13-5-6-14(20-3)15(9-13)21-4/h5-6,9,11-12H,7-8,10H2,1-4H3,(H,17,19). The molecule has 1 aliphatic rings. The van der Waals surface area contributed by atoms with Gasteiger partial charge in [-0.3, -0.25) is 9.69 Å². The van der Waals surface area contributed by atoms with Crippen molar-refractivity contribution in [1.29, 1.82) is 0 Å². The molecule has 2 rings (SSSR count). The van der Waals surface area contributed by atoms with Gasteiger partial charge in [-0.25, -0.2) is 0 Å². The van der Waals surface area contributed by atoms with Crippen LogP contribution in [-0.2, 0) is 9.53 Å². The van der Waals surface area contributed by atoms with Gasteiger partial charge in [0.2, 0.25) is 5.91 Å². The Bertz CT molecular complexity index is 521. The molecular weight excluding hydrogens is 284 g/mol. The molecule has 1 fully saturated rings. The van der Waals surface area contributed by atoms with Gasteiger partial charge in [0.1, 0.15) is 0 Å². The molecule has 2 unspecified atom stereocenters. The van der Waals surface area contributed by atoms with Gasteiger partial charge in [-0.2, -0.15) is 0 Å². The summed E-state index contributed by atoms with van der Waals surface area (Å²) in [6.07, 6.45) is 0.157. The Morgan fingerprint density at radius 2 is 2.09 bits per heavy atom. The minimum absolute atomic E-state index is 0.0404. The normalized spacial score (nSPS) is 20.3. The number of hydrogen-bond donors (Lipinski definition) is 1. The molecule has 2 atom stereocenters. The molecule has 0 radical (unpaired) electrons. The Kier molecular flexibility index (Phi) is 5.63. The van der Waals surface area contributed by atoms with Crippen molar-refractivity contribution >= 4 is 11.6 Å². The number of rotatable bonds is 5. The molecule has 22 heavy (non-hydrogen) atoms. The van der Waals surface area contributed by atoms with Crippen molar-refractivity contribution in [2.45, 2.75) is 26.0 Å². The van der Waals surface area contributed by atoms with Crippen molar-refractivity contribution in [1.82, 2.24) is 4.90 Å². The van der Waals surface area contributed by atoms with Crippen LogP contribution >= 0.6 is 0 Å². The number of nitrogens with zero attached hydrogens (tertiary/aromatic N) is 1. The summed E-state index contributed by atoms with van der Waals surface area (Å²) < 4.78 is 15.9. The Morgan fingerprint density at radius 1 is 1.36 bits per heavy atom. The zero-order valence-electron chi connectivity index (χ0n) is 13.6. The summed E-state index contributed by atoms with van der Waals surface area (Å²) in [6, 6.07) is 5.12. The first-order chi connectivity index (χ1) is 10.5. The van der Waals surface area contributed by atoms with Crippen molar-refractivity contribution in [3.8, 4) is 11.5 Å². The third kappa shape index (κ3) is 3.90. The molecule has 1 saturated heterocycles. The van der Waals surface area contributed by atoms with Crippen LogP contribution in [0.25, 0.3) is 0 Å². The molecule has 0 aromatic heterocycles. The van der Waals surface area contributed by atoms with Gasteiger partial charge in [-0.05, 0) is 26.0 Å². The molecule has 0 aliphatic carbocycles. The molecule has 0 bridgehead atoms. The van der Waals surface area contributed by atoms with Crippen LogP contribution in [0.3, 0.4) is 0 Å². The topological polar surface area (TPSA) is 60.0 Å². The number of nitrogens with one attached hydrogen (secondary N) is 1. The van der Waals surface area contributed by atoms with Gasteiger partial charge in [0, 0.05) is 24.8 Å². The lowest BCUT2D eigenvalue weighted by Gasteiger charge is -2.34.